The Labute approximate surface area is 137 Å². The number of aliphatic imine (C=N–C) groups is 1. The number of benzene rings is 1. The van der Waals surface area contributed by atoms with Crippen molar-refractivity contribution >= 4 is 44.0 Å². The van der Waals surface area contributed by atoms with Crippen molar-refractivity contribution in [3.63, 3.8) is 0 Å². The van der Waals surface area contributed by atoms with E-state index in [1.54, 1.807) is 30.2 Å². The third kappa shape index (κ3) is 2.06. The van der Waals surface area contributed by atoms with Gasteiger partial charge in [-0.25, -0.2) is 0 Å². The first-order chi connectivity index (χ1) is 10.7. The van der Waals surface area contributed by atoms with Gasteiger partial charge in [-0.2, -0.15) is 0 Å². The highest BCUT2D eigenvalue weighted by Gasteiger charge is 2.35. The van der Waals surface area contributed by atoms with Gasteiger partial charge >= 0.3 is 0 Å². The van der Waals surface area contributed by atoms with Crippen molar-refractivity contribution in [2.24, 2.45) is 4.99 Å². The van der Waals surface area contributed by atoms with Crippen molar-refractivity contribution in [2.45, 2.75) is 13.0 Å². The topological polar surface area (TPSA) is 45.1 Å². The Morgan fingerprint density at radius 1 is 1.41 bits per heavy atom. The van der Waals surface area contributed by atoms with Gasteiger partial charge in [0.25, 0.3) is 0 Å². The zero-order chi connectivity index (χ0) is 15.3. The van der Waals surface area contributed by atoms with Gasteiger partial charge in [0, 0.05) is 21.7 Å². The number of methoxy groups -OCH3 is 1. The van der Waals surface area contributed by atoms with Crippen molar-refractivity contribution in [3.8, 4) is 5.75 Å². The van der Waals surface area contributed by atoms with E-state index in [1.165, 1.54) is 10.1 Å². The number of hydrogen-bond acceptors (Lipinski definition) is 6. The molecule has 3 heterocycles. The van der Waals surface area contributed by atoms with Crippen LogP contribution < -0.4 is 4.74 Å². The largest absolute Gasteiger partial charge is 0.497 e. The van der Waals surface area contributed by atoms with Gasteiger partial charge in [0.15, 0.2) is 5.17 Å². The summed E-state index contributed by atoms with van der Waals surface area (Å²) in [6.07, 6.45) is -0.505. The number of thiophene rings is 1. The molecule has 0 fully saturated rings. The van der Waals surface area contributed by atoms with E-state index in [4.69, 9.17) is 4.74 Å². The second-order valence-corrected chi connectivity index (χ2v) is 7.25. The molecule has 2 aliphatic rings. The first-order valence-corrected chi connectivity index (χ1v) is 8.86. The average Bonchev–Trinajstić information content (AvgIpc) is 3.20. The van der Waals surface area contributed by atoms with Crippen LogP contribution in [0.3, 0.4) is 0 Å². The van der Waals surface area contributed by atoms with Gasteiger partial charge in [-0.1, -0.05) is 11.8 Å². The Balaban J connectivity index is 1.97. The SMILES string of the molecule is COc1cc(C2=C(C(C)O)SC3=NCCN32)c2sccc2c1. The molecule has 0 radical (unpaired) electrons. The van der Waals surface area contributed by atoms with Gasteiger partial charge < -0.3 is 14.7 Å². The van der Waals surface area contributed by atoms with E-state index in [9.17, 15) is 5.11 Å². The second-order valence-electron chi connectivity index (χ2n) is 5.32. The van der Waals surface area contributed by atoms with E-state index in [2.05, 4.69) is 33.5 Å². The number of thioether (sulfide) groups is 1. The molecule has 0 amide bonds. The molecule has 0 aliphatic carbocycles. The Morgan fingerprint density at radius 3 is 3.05 bits per heavy atom. The molecule has 0 bridgehead atoms. The fourth-order valence-electron chi connectivity index (χ4n) is 2.91. The first-order valence-electron chi connectivity index (χ1n) is 7.16. The number of fused-ring (bicyclic) bond motifs is 2. The summed E-state index contributed by atoms with van der Waals surface area (Å²) >= 11 is 3.31. The van der Waals surface area contributed by atoms with Crippen LogP contribution in [0.1, 0.15) is 12.5 Å². The minimum absolute atomic E-state index is 0.505. The van der Waals surface area contributed by atoms with E-state index in [1.807, 2.05) is 6.92 Å². The van der Waals surface area contributed by atoms with Crippen LogP contribution in [0, 0.1) is 0 Å². The predicted octanol–water partition coefficient (Wildman–Crippen LogP) is 3.38. The normalized spacial score (nSPS) is 18.9. The molecule has 1 N–H and O–H groups in total. The van der Waals surface area contributed by atoms with Crippen LogP contribution in [0.2, 0.25) is 0 Å². The molecule has 4 nitrogen and oxygen atoms in total. The fourth-order valence-corrected chi connectivity index (χ4v) is 4.94. The third-order valence-corrected chi connectivity index (χ3v) is 6.15. The van der Waals surface area contributed by atoms with Crippen LogP contribution >= 0.6 is 23.1 Å². The van der Waals surface area contributed by atoms with Gasteiger partial charge in [-0.15, -0.1) is 11.3 Å². The van der Waals surface area contributed by atoms with Crippen LogP contribution in [0.4, 0.5) is 0 Å². The van der Waals surface area contributed by atoms with Crippen molar-refractivity contribution in [2.75, 3.05) is 20.2 Å². The lowest BCUT2D eigenvalue weighted by molar-refractivity contribution is 0.240. The highest BCUT2D eigenvalue weighted by atomic mass is 32.2. The molecule has 2 aliphatic heterocycles. The molecule has 4 rings (SSSR count). The lowest BCUT2D eigenvalue weighted by Gasteiger charge is -2.19. The minimum Gasteiger partial charge on any atom is -0.497 e. The maximum Gasteiger partial charge on any atom is 0.168 e. The summed E-state index contributed by atoms with van der Waals surface area (Å²) < 4.78 is 6.69. The van der Waals surface area contributed by atoms with E-state index in [0.29, 0.717) is 0 Å². The number of hydrogen-bond donors (Lipinski definition) is 1. The van der Waals surface area contributed by atoms with E-state index < -0.39 is 6.10 Å². The molecule has 114 valence electrons. The van der Waals surface area contributed by atoms with Crippen LogP contribution in [-0.2, 0) is 0 Å². The zero-order valence-corrected chi connectivity index (χ0v) is 14.0. The van der Waals surface area contributed by atoms with Crippen molar-refractivity contribution in [1.82, 2.24) is 4.90 Å². The minimum atomic E-state index is -0.505. The lowest BCUT2D eigenvalue weighted by Crippen LogP contribution is -2.20. The molecular weight excluding hydrogens is 316 g/mol. The lowest BCUT2D eigenvalue weighted by atomic mass is 10.1. The molecular formula is C16H16N2O2S2. The predicted molar refractivity (Wildman–Crippen MR) is 93.6 cm³/mol. The Morgan fingerprint density at radius 2 is 2.27 bits per heavy atom. The van der Waals surface area contributed by atoms with E-state index >= 15 is 0 Å². The maximum atomic E-state index is 10.2. The summed E-state index contributed by atoms with van der Waals surface area (Å²) in [4.78, 5) is 7.74. The van der Waals surface area contributed by atoms with Gasteiger partial charge in [0.2, 0.25) is 0 Å². The zero-order valence-electron chi connectivity index (χ0n) is 12.4. The highest BCUT2D eigenvalue weighted by Crippen LogP contribution is 2.46. The first kappa shape index (κ1) is 14.1. The van der Waals surface area contributed by atoms with E-state index in [-0.39, 0.29) is 0 Å². The number of rotatable bonds is 3. The Kier molecular flexibility index (Phi) is 3.40. The van der Waals surface area contributed by atoms with Crippen LogP contribution in [0.5, 0.6) is 5.75 Å². The van der Waals surface area contributed by atoms with Gasteiger partial charge in [-0.05, 0) is 35.9 Å². The van der Waals surface area contributed by atoms with Crippen LogP contribution in [-0.4, -0.2) is 41.5 Å². The third-order valence-electron chi connectivity index (χ3n) is 3.90. The van der Waals surface area contributed by atoms with Gasteiger partial charge in [0.1, 0.15) is 5.75 Å². The molecule has 2 aromatic rings. The van der Waals surface area contributed by atoms with Crippen LogP contribution in [0.25, 0.3) is 15.8 Å². The standard InChI is InChI=1S/C16H16N2O2S2/c1-9(19)14-13(18-5-4-17-16(18)22-14)12-8-11(20-2)7-10-3-6-21-15(10)12/h3,6-9,19H,4-5H2,1-2H3. The molecule has 1 atom stereocenters. The smallest absolute Gasteiger partial charge is 0.168 e. The molecule has 22 heavy (non-hydrogen) atoms. The summed E-state index contributed by atoms with van der Waals surface area (Å²) in [7, 11) is 1.69. The van der Waals surface area contributed by atoms with Crippen molar-refractivity contribution in [1.29, 1.82) is 0 Å². The molecule has 1 unspecified atom stereocenters. The van der Waals surface area contributed by atoms with E-state index in [0.717, 1.165) is 40.2 Å². The number of ether oxygens (including phenoxy) is 1. The second kappa shape index (κ2) is 5.30. The number of amidine groups is 1. The fraction of sp³-hybridized carbons (Fsp3) is 0.312. The molecule has 6 heteroatoms. The van der Waals surface area contributed by atoms with Crippen molar-refractivity contribution < 1.29 is 9.84 Å². The summed E-state index contributed by atoms with van der Waals surface area (Å²) in [5.74, 6) is 0.841. The maximum absolute atomic E-state index is 10.2. The monoisotopic (exact) mass is 332 g/mol. The molecule has 0 saturated carbocycles. The molecule has 1 aromatic carbocycles. The Hall–Kier alpha value is -1.50. The Bertz CT molecular complexity index is 808. The molecule has 0 spiro atoms. The number of nitrogens with zero attached hydrogens (tertiary/aromatic N) is 2. The van der Waals surface area contributed by atoms with Gasteiger partial charge in [0.05, 0.1) is 25.5 Å². The summed E-state index contributed by atoms with van der Waals surface area (Å²) in [6, 6.07) is 6.23. The summed E-state index contributed by atoms with van der Waals surface area (Å²) in [5, 5.41) is 14.5. The number of aliphatic hydroxyl groups is 1. The van der Waals surface area contributed by atoms with Gasteiger partial charge in [-0.3, -0.25) is 4.99 Å². The quantitative estimate of drug-likeness (QED) is 0.936. The van der Waals surface area contributed by atoms with Crippen molar-refractivity contribution in [3.05, 3.63) is 34.0 Å². The van der Waals surface area contributed by atoms with Crippen LogP contribution in [0.15, 0.2) is 33.5 Å². The summed E-state index contributed by atoms with van der Waals surface area (Å²) in [5.41, 5.74) is 2.21. The number of aliphatic hydroxyl groups excluding tert-OH is 1. The summed E-state index contributed by atoms with van der Waals surface area (Å²) in [6.45, 7) is 3.51. The average molecular weight is 332 g/mol. The molecule has 0 saturated heterocycles. The highest BCUT2D eigenvalue weighted by molar-refractivity contribution is 8.17. The molecule has 1 aromatic heterocycles.